The second kappa shape index (κ2) is 7.99. The van der Waals surface area contributed by atoms with Crippen molar-refractivity contribution in [1.29, 1.82) is 0 Å². The van der Waals surface area contributed by atoms with Crippen LogP contribution in [0.4, 0.5) is 4.79 Å². The molecule has 1 heterocycles. The molecule has 1 saturated heterocycles. The Balaban J connectivity index is 2.22. The van der Waals surface area contributed by atoms with Gasteiger partial charge in [-0.25, -0.2) is 4.79 Å². The van der Waals surface area contributed by atoms with E-state index in [2.05, 4.69) is 10.6 Å². The lowest BCUT2D eigenvalue weighted by atomic mass is 10.1. The van der Waals surface area contributed by atoms with Crippen LogP contribution in [-0.2, 0) is 9.53 Å². The second-order valence-electron chi connectivity index (χ2n) is 8.24. The summed E-state index contributed by atoms with van der Waals surface area (Å²) in [6.45, 7) is 13.6. The smallest absolute Gasteiger partial charge is 0.410 e. The van der Waals surface area contributed by atoms with Gasteiger partial charge in [-0.15, -0.1) is 0 Å². The van der Waals surface area contributed by atoms with E-state index in [1.807, 2.05) is 41.5 Å². The standard InChI is InChI=1S/C17H33N3O3/c1-16(2,3)19-14(21)7-10-18-13-8-11-20(12-9-13)15(22)23-17(4,5)6/h13,18H,7-12H2,1-6H3,(H,19,21). The summed E-state index contributed by atoms with van der Waals surface area (Å²) in [7, 11) is 0. The van der Waals surface area contributed by atoms with Gasteiger partial charge in [0.15, 0.2) is 0 Å². The number of nitrogens with zero attached hydrogens (tertiary/aromatic N) is 1. The first-order valence-corrected chi connectivity index (χ1v) is 8.48. The molecule has 0 unspecified atom stereocenters. The van der Waals surface area contributed by atoms with Crippen molar-refractivity contribution >= 4 is 12.0 Å². The van der Waals surface area contributed by atoms with Crippen LogP contribution in [-0.4, -0.2) is 53.7 Å². The second-order valence-corrected chi connectivity index (χ2v) is 8.24. The summed E-state index contributed by atoms with van der Waals surface area (Å²) in [5.41, 5.74) is -0.636. The highest BCUT2D eigenvalue weighted by atomic mass is 16.6. The molecule has 0 aromatic carbocycles. The number of nitrogens with one attached hydrogen (secondary N) is 2. The van der Waals surface area contributed by atoms with E-state index in [1.165, 1.54) is 0 Å². The molecule has 0 atom stereocenters. The molecule has 134 valence electrons. The van der Waals surface area contributed by atoms with E-state index in [9.17, 15) is 9.59 Å². The molecular weight excluding hydrogens is 294 g/mol. The number of carbonyl (C=O) groups is 2. The summed E-state index contributed by atoms with van der Waals surface area (Å²) in [6.07, 6.45) is 2.02. The van der Waals surface area contributed by atoms with Crippen LogP contribution in [0.5, 0.6) is 0 Å². The highest BCUT2D eigenvalue weighted by molar-refractivity contribution is 5.76. The molecule has 6 nitrogen and oxygen atoms in total. The van der Waals surface area contributed by atoms with Gasteiger partial charge >= 0.3 is 6.09 Å². The molecule has 0 aromatic rings. The molecule has 1 rings (SSSR count). The van der Waals surface area contributed by atoms with E-state index in [0.29, 0.717) is 32.1 Å². The largest absolute Gasteiger partial charge is 0.444 e. The molecule has 0 aromatic heterocycles. The van der Waals surface area contributed by atoms with Crippen molar-refractivity contribution in [3.05, 3.63) is 0 Å². The number of carbonyl (C=O) groups excluding carboxylic acids is 2. The Bertz CT molecular complexity index is 400. The first kappa shape index (κ1) is 19.7. The third-order valence-corrected chi connectivity index (χ3v) is 3.45. The average molecular weight is 327 g/mol. The van der Waals surface area contributed by atoms with Crippen molar-refractivity contribution < 1.29 is 14.3 Å². The van der Waals surface area contributed by atoms with Crippen molar-refractivity contribution in [2.24, 2.45) is 0 Å². The fourth-order valence-electron chi connectivity index (χ4n) is 2.46. The zero-order valence-electron chi connectivity index (χ0n) is 15.5. The van der Waals surface area contributed by atoms with Crippen LogP contribution >= 0.6 is 0 Å². The van der Waals surface area contributed by atoms with Crippen LogP contribution in [0.2, 0.25) is 0 Å². The number of amides is 2. The number of likely N-dealkylation sites (tertiary alicyclic amines) is 1. The van der Waals surface area contributed by atoms with Gasteiger partial charge in [-0.05, 0) is 54.4 Å². The molecule has 1 aliphatic heterocycles. The third-order valence-electron chi connectivity index (χ3n) is 3.45. The van der Waals surface area contributed by atoms with Crippen molar-refractivity contribution in [3.63, 3.8) is 0 Å². The molecule has 0 radical (unpaired) electrons. The Labute approximate surface area is 140 Å². The molecule has 2 amide bonds. The molecule has 23 heavy (non-hydrogen) atoms. The first-order valence-electron chi connectivity index (χ1n) is 8.48. The molecular formula is C17H33N3O3. The number of ether oxygens (including phenoxy) is 1. The first-order chi connectivity index (χ1) is 10.5. The van der Waals surface area contributed by atoms with Crippen LogP contribution in [0.3, 0.4) is 0 Å². The molecule has 0 bridgehead atoms. The summed E-state index contributed by atoms with van der Waals surface area (Å²) >= 11 is 0. The number of piperidine rings is 1. The number of rotatable bonds is 4. The van der Waals surface area contributed by atoms with E-state index in [0.717, 1.165) is 12.8 Å². The number of hydrogen-bond donors (Lipinski definition) is 2. The van der Waals surface area contributed by atoms with Gasteiger partial charge in [-0.2, -0.15) is 0 Å². The highest BCUT2D eigenvalue weighted by Gasteiger charge is 2.26. The minimum atomic E-state index is -0.452. The van der Waals surface area contributed by atoms with Crippen molar-refractivity contribution in [1.82, 2.24) is 15.5 Å². The predicted molar refractivity (Wildman–Crippen MR) is 91.3 cm³/mol. The molecule has 0 saturated carbocycles. The Morgan fingerprint density at radius 3 is 2.13 bits per heavy atom. The van der Waals surface area contributed by atoms with Crippen molar-refractivity contribution in [2.45, 2.75) is 78.0 Å². The molecule has 1 aliphatic rings. The van der Waals surface area contributed by atoms with E-state index in [4.69, 9.17) is 4.74 Å². The molecule has 1 fully saturated rings. The highest BCUT2D eigenvalue weighted by Crippen LogP contribution is 2.15. The normalized spacial score (nSPS) is 17.0. The SMILES string of the molecule is CC(C)(C)NC(=O)CCNC1CCN(C(=O)OC(C)(C)C)CC1. The van der Waals surface area contributed by atoms with Gasteiger partial charge in [0.25, 0.3) is 0 Å². The molecule has 0 aliphatic carbocycles. The Kier molecular flexibility index (Phi) is 6.86. The van der Waals surface area contributed by atoms with Crippen LogP contribution < -0.4 is 10.6 Å². The fraction of sp³-hybridized carbons (Fsp3) is 0.882. The lowest BCUT2D eigenvalue weighted by Gasteiger charge is -2.33. The van der Waals surface area contributed by atoms with Gasteiger partial charge in [0.1, 0.15) is 5.60 Å². The van der Waals surface area contributed by atoms with Gasteiger partial charge < -0.3 is 20.3 Å². The van der Waals surface area contributed by atoms with Crippen LogP contribution in [0.25, 0.3) is 0 Å². The minimum absolute atomic E-state index is 0.0659. The lowest BCUT2D eigenvalue weighted by molar-refractivity contribution is -0.122. The van der Waals surface area contributed by atoms with Gasteiger partial charge in [0, 0.05) is 37.6 Å². The van der Waals surface area contributed by atoms with E-state index < -0.39 is 5.60 Å². The summed E-state index contributed by atoms with van der Waals surface area (Å²) < 4.78 is 5.39. The average Bonchev–Trinajstić information content (AvgIpc) is 2.35. The summed E-state index contributed by atoms with van der Waals surface area (Å²) in [5, 5.41) is 6.36. The summed E-state index contributed by atoms with van der Waals surface area (Å²) in [6, 6.07) is 0.358. The third kappa shape index (κ3) is 8.79. The Morgan fingerprint density at radius 1 is 1.09 bits per heavy atom. The van der Waals surface area contributed by atoms with Crippen LogP contribution in [0.15, 0.2) is 0 Å². The Hall–Kier alpha value is -1.30. The van der Waals surface area contributed by atoms with Crippen molar-refractivity contribution in [2.75, 3.05) is 19.6 Å². The van der Waals surface area contributed by atoms with E-state index >= 15 is 0 Å². The zero-order chi connectivity index (χ0) is 17.7. The summed E-state index contributed by atoms with van der Waals surface area (Å²) in [4.78, 5) is 25.5. The fourth-order valence-corrected chi connectivity index (χ4v) is 2.46. The quantitative estimate of drug-likeness (QED) is 0.831. The predicted octanol–water partition coefficient (Wildman–Crippen LogP) is 2.28. The lowest BCUT2D eigenvalue weighted by Crippen LogP contribution is -2.47. The van der Waals surface area contributed by atoms with Gasteiger partial charge in [-0.1, -0.05) is 0 Å². The maximum atomic E-state index is 12.0. The molecule has 0 spiro atoms. The topological polar surface area (TPSA) is 70.7 Å². The van der Waals surface area contributed by atoms with E-state index in [1.54, 1.807) is 4.90 Å². The van der Waals surface area contributed by atoms with Crippen molar-refractivity contribution in [3.8, 4) is 0 Å². The van der Waals surface area contributed by atoms with Gasteiger partial charge in [0.2, 0.25) is 5.91 Å². The minimum Gasteiger partial charge on any atom is -0.444 e. The van der Waals surface area contributed by atoms with Gasteiger partial charge in [-0.3, -0.25) is 4.79 Å². The zero-order valence-corrected chi connectivity index (χ0v) is 15.5. The van der Waals surface area contributed by atoms with E-state index in [-0.39, 0.29) is 17.5 Å². The number of hydrogen-bond acceptors (Lipinski definition) is 4. The molecule has 2 N–H and O–H groups in total. The Morgan fingerprint density at radius 2 is 1.65 bits per heavy atom. The maximum absolute atomic E-state index is 12.0. The maximum Gasteiger partial charge on any atom is 0.410 e. The van der Waals surface area contributed by atoms with Gasteiger partial charge in [0.05, 0.1) is 0 Å². The van der Waals surface area contributed by atoms with Crippen LogP contribution in [0, 0.1) is 0 Å². The monoisotopic (exact) mass is 327 g/mol. The molecule has 6 heteroatoms. The summed E-state index contributed by atoms with van der Waals surface area (Å²) in [5.74, 6) is 0.0659. The van der Waals surface area contributed by atoms with Crippen LogP contribution in [0.1, 0.15) is 60.8 Å².